The molecule has 2 aliphatic rings. The highest BCUT2D eigenvalue weighted by molar-refractivity contribution is 7.89. The summed E-state index contributed by atoms with van der Waals surface area (Å²) in [5.41, 5.74) is 2.44. The van der Waals surface area contributed by atoms with Gasteiger partial charge in [0.25, 0.3) is 0 Å². The van der Waals surface area contributed by atoms with Crippen molar-refractivity contribution < 1.29 is 17.5 Å². The highest BCUT2D eigenvalue weighted by Gasteiger charge is 2.30. The highest BCUT2D eigenvalue weighted by atomic mass is 32.2. The van der Waals surface area contributed by atoms with Crippen molar-refractivity contribution in [3.8, 4) is 5.75 Å². The van der Waals surface area contributed by atoms with Gasteiger partial charge in [0.15, 0.2) is 0 Å². The van der Waals surface area contributed by atoms with Gasteiger partial charge in [-0.25, -0.2) is 12.8 Å². The molecular weight excluding hydrogens is 353 g/mol. The maximum Gasteiger partial charge on any atom is 0.243 e. The third-order valence-corrected chi connectivity index (χ3v) is 7.12. The van der Waals surface area contributed by atoms with Crippen LogP contribution in [0.2, 0.25) is 0 Å². The molecule has 0 bridgehead atoms. The van der Waals surface area contributed by atoms with Crippen molar-refractivity contribution >= 4 is 10.0 Å². The Labute approximate surface area is 153 Å². The van der Waals surface area contributed by atoms with Crippen LogP contribution in [-0.4, -0.2) is 31.9 Å². The van der Waals surface area contributed by atoms with Gasteiger partial charge in [-0.2, -0.15) is 4.31 Å². The maximum atomic E-state index is 13.0. The lowest BCUT2D eigenvalue weighted by atomic mass is 10.1. The van der Waals surface area contributed by atoms with Crippen LogP contribution >= 0.6 is 0 Å². The van der Waals surface area contributed by atoms with Crippen molar-refractivity contribution in [2.45, 2.75) is 43.1 Å². The molecule has 0 unspecified atom stereocenters. The number of hydrogen-bond acceptors (Lipinski definition) is 3. The molecule has 6 heteroatoms. The molecule has 2 aromatic carbocycles. The summed E-state index contributed by atoms with van der Waals surface area (Å²) in [4.78, 5) is 0.399. The van der Waals surface area contributed by atoms with Crippen LogP contribution in [0.25, 0.3) is 0 Å². The summed E-state index contributed by atoms with van der Waals surface area (Å²) in [5, 5.41) is 0. The molecule has 1 fully saturated rings. The van der Waals surface area contributed by atoms with E-state index in [4.69, 9.17) is 4.74 Å². The number of ether oxygens (including phenoxy) is 1. The molecule has 4 nitrogen and oxygen atoms in total. The average molecular weight is 375 g/mol. The number of piperidine rings is 1. The molecule has 0 aromatic heterocycles. The van der Waals surface area contributed by atoms with Gasteiger partial charge in [-0.1, -0.05) is 6.07 Å². The van der Waals surface area contributed by atoms with E-state index in [0.717, 1.165) is 19.3 Å². The van der Waals surface area contributed by atoms with E-state index in [-0.39, 0.29) is 11.9 Å². The van der Waals surface area contributed by atoms with Crippen molar-refractivity contribution in [2.24, 2.45) is 0 Å². The molecule has 0 saturated carbocycles. The van der Waals surface area contributed by atoms with Crippen molar-refractivity contribution in [2.75, 3.05) is 13.1 Å². The topological polar surface area (TPSA) is 46.6 Å². The summed E-state index contributed by atoms with van der Waals surface area (Å²) in [5.74, 6) is 0.318. The average Bonchev–Trinajstić information content (AvgIpc) is 3.12. The van der Waals surface area contributed by atoms with E-state index in [2.05, 4.69) is 0 Å². The largest absolute Gasteiger partial charge is 0.490 e. The van der Waals surface area contributed by atoms with Gasteiger partial charge in [-0.3, -0.25) is 0 Å². The molecule has 0 radical (unpaired) electrons. The van der Waals surface area contributed by atoms with Crippen LogP contribution in [0.15, 0.2) is 47.4 Å². The summed E-state index contributed by atoms with van der Waals surface area (Å²) >= 11 is 0. The lowest BCUT2D eigenvalue weighted by Crippen LogP contribution is -2.41. The second-order valence-corrected chi connectivity index (χ2v) is 8.90. The van der Waals surface area contributed by atoms with Crippen LogP contribution < -0.4 is 4.74 Å². The van der Waals surface area contributed by atoms with Crippen LogP contribution in [0.5, 0.6) is 5.75 Å². The standard InChI is InChI=1S/C20H22FNO3S/c21-17-5-7-18(8-6-17)25-19-10-12-22(13-11-19)26(23,24)20-9-4-15-2-1-3-16(15)14-20/h4-9,14,19H,1-3,10-13H2. The zero-order chi connectivity index (χ0) is 18.1. The van der Waals surface area contributed by atoms with E-state index in [0.29, 0.717) is 36.6 Å². The third-order valence-electron chi connectivity index (χ3n) is 5.23. The van der Waals surface area contributed by atoms with Gasteiger partial charge >= 0.3 is 0 Å². The number of halogens is 1. The minimum absolute atomic E-state index is 0.0491. The van der Waals surface area contributed by atoms with Gasteiger partial charge in [0.2, 0.25) is 10.0 Å². The number of sulfonamides is 1. The number of aryl methyl sites for hydroxylation is 2. The summed E-state index contributed by atoms with van der Waals surface area (Å²) < 4.78 is 46.2. The second kappa shape index (κ2) is 7.00. The molecule has 1 aliphatic carbocycles. The quantitative estimate of drug-likeness (QED) is 0.821. The fraction of sp³-hybridized carbons (Fsp3) is 0.400. The number of benzene rings is 2. The summed E-state index contributed by atoms with van der Waals surface area (Å²) in [6, 6.07) is 11.5. The summed E-state index contributed by atoms with van der Waals surface area (Å²) in [6.07, 6.45) is 4.31. The monoisotopic (exact) mass is 375 g/mol. The summed E-state index contributed by atoms with van der Waals surface area (Å²) in [7, 11) is -3.46. The predicted octanol–water partition coefficient (Wildman–Crippen LogP) is 3.55. The van der Waals surface area contributed by atoms with E-state index < -0.39 is 10.0 Å². The maximum absolute atomic E-state index is 13.0. The predicted molar refractivity (Wildman–Crippen MR) is 97.3 cm³/mol. The first kappa shape index (κ1) is 17.5. The van der Waals surface area contributed by atoms with Gasteiger partial charge in [-0.15, -0.1) is 0 Å². The number of hydrogen-bond donors (Lipinski definition) is 0. The highest BCUT2D eigenvalue weighted by Crippen LogP contribution is 2.28. The Kier molecular flexibility index (Phi) is 4.71. The molecule has 0 amide bonds. The number of rotatable bonds is 4. The molecule has 1 heterocycles. The first-order valence-electron chi connectivity index (χ1n) is 9.06. The molecule has 0 spiro atoms. The molecule has 4 rings (SSSR count). The molecule has 138 valence electrons. The van der Waals surface area contributed by atoms with Gasteiger partial charge in [0.1, 0.15) is 17.7 Å². The Morgan fingerprint density at radius 3 is 2.38 bits per heavy atom. The molecule has 1 saturated heterocycles. The third kappa shape index (κ3) is 3.48. The van der Waals surface area contributed by atoms with Crippen LogP contribution in [-0.2, 0) is 22.9 Å². The van der Waals surface area contributed by atoms with Crippen LogP contribution in [0.4, 0.5) is 4.39 Å². The normalized spacial score (nSPS) is 18.7. The SMILES string of the molecule is O=S(=O)(c1ccc2c(c1)CCC2)N1CCC(Oc2ccc(F)cc2)CC1. The van der Waals surface area contributed by atoms with Gasteiger partial charge in [0.05, 0.1) is 4.90 Å². The Morgan fingerprint density at radius 1 is 0.962 bits per heavy atom. The number of nitrogens with zero attached hydrogens (tertiary/aromatic N) is 1. The van der Waals surface area contributed by atoms with Crippen molar-refractivity contribution in [1.82, 2.24) is 4.31 Å². The summed E-state index contributed by atoms with van der Waals surface area (Å²) in [6.45, 7) is 0.872. The lowest BCUT2D eigenvalue weighted by Gasteiger charge is -2.31. The van der Waals surface area contributed by atoms with Crippen molar-refractivity contribution in [3.05, 3.63) is 59.4 Å². The molecule has 2 aromatic rings. The number of fused-ring (bicyclic) bond motifs is 1. The van der Waals surface area contributed by atoms with Gasteiger partial charge in [-0.05, 0) is 79.6 Å². The Hall–Kier alpha value is -1.92. The van der Waals surface area contributed by atoms with Crippen LogP contribution in [0, 0.1) is 5.82 Å². The lowest BCUT2D eigenvalue weighted by molar-refractivity contribution is 0.135. The van der Waals surface area contributed by atoms with Gasteiger partial charge < -0.3 is 4.74 Å². The Morgan fingerprint density at radius 2 is 1.65 bits per heavy atom. The fourth-order valence-corrected chi connectivity index (χ4v) is 5.27. The van der Waals surface area contributed by atoms with E-state index in [1.54, 1.807) is 22.5 Å². The molecule has 1 aliphatic heterocycles. The smallest absolute Gasteiger partial charge is 0.243 e. The molecule has 26 heavy (non-hydrogen) atoms. The minimum Gasteiger partial charge on any atom is -0.490 e. The molecule has 0 atom stereocenters. The zero-order valence-electron chi connectivity index (χ0n) is 14.5. The van der Waals surface area contributed by atoms with Crippen LogP contribution in [0.1, 0.15) is 30.4 Å². The van der Waals surface area contributed by atoms with Gasteiger partial charge in [0, 0.05) is 13.1 Å². The van der Waals surface area contributed by atoms with E-state index in [9.17, 15) is 12.8 Å². The van der Waals surface area contributed by atoms with Crippen molar-refractivity contribution in [3.63, 3.8) is 0 Å². The fourth-order valence-electron chi connectivity index (χ4n) is 3.75. The van der Waals surface area contributed by atoms with Crippen LogP contribution in [0.3, 0.4) is 0 Å². The first-order chi connectivity index (χ1) is 12.5. The molecular formula is C20H22FNO3S. The Balaban J connectivity index is 1.41. The van der Waals surface area contributed by atoms with Crippen molar-refractivity contribution in [1.29, 1.82) is 0 Å². The van der Waals surface area contributed by atoms with E-state index in [1.165, 1.54) is 23.3 Å². The Bertz CT molecular complexity index is 888. The second-order valence-electron chi connectivity index (χ2n) is 6.96. The zero-order valence-corrected chi connectivity index (χ0v) is 15.3. The molecule has 0 N–H and O–H groups in total. The van der Waals surface area contributed by atoms with E-state index in [1.807, 2.05) is 12.1 Å². The van der Waals surface area contributed by atoms with E-state index >= 15 is 0 Å². The minimum atomic E-state index is -3.46. The first-order valence-corrected chi connectivity index (χ1v) is 10.5.